The fourth-order valence-electron chi connectivity index (χ4n) is 2.41. The number of nitrogens with one attached hydrogen (secondary N) is 1. The lowest BCUT2D eigenvalue weighted by Gasteiger charge is -2.07. The second kappa shape index (κ2) is 7.46. The maximum absolute atomic E-state index is 11.9. The Morgan fingerprint density at radius 2 is 1.75 bits per heavy atom. The second-order valence-electron chi connectivity index (χ2n) is 5.39. The molecule has 0 aliphatic rings. The lowest BCUT2D eigenvalue weighted by molar-refractivity contribution is 0.200. The molecule has 0 bridgehead atoms. The minimum atomic E-state index is -0.471. The van der Waals surface area contributed by atoms with Crippen LogP contribution in [0, 0.1) is 6.92 Å². The van der Waals surface area contributed by atoms with Gasteiger partial charge in [-0.2, -0.15) is 5.10 Å². The zero-order valence-electron chi connectivity index (χ0n) is 13.5. The van der Waals surface area contributed by atoms with E-state index in [1.807, 2.05) is 67.6 Å². The highest BCUT2D eigenvalue weighted by molar-refractivity contribution is 5.70. The van der Waals surface area contributed by atoms with Crippen molar-refractivity contribution >= 4 is 6.09 Å². The molecule has 2 aromatic carbocycles. The zero-order chi connectivity index (χ0) is 16.8. The maximum Gasteiger partial charge on any atom is 0.412 e. The summed E-state index contributed by atoms with van der Waals surface area (Å²) in [4.78, 5) is 11.9. The number of nitrogens with zero attached hydrogens (tertiary/aromatic N) is 2. The third kappa shape index (κ3) is 3.81. The number of rotatable bonds is 5. The van der Waals surface area contributed by atoms with Gasteiger partial charge in [-0.05, 0) is 31.0 Å². The van der Waals surface area contributed by atoms with Crippen molar-refractivity contribution in [2.75, 3.05) is 6.54 Å². The van der Waals surface area contributed by atoms with E-state index in [9.17, 15) is 4.79 Å². The van der Waals surface area contributed by atoms with E-state index in [2.05, 4.69) is 10.4 Å². The fraction of sp³-hybridized carbons (Fsp3) is 0.158. The summed E-state index contributed by atoms with van der Waals surface area (Å²) in [6.45, 7) is 2.39. The molecule has 0 aliphatic carbocycles. The van der Waals surface area contributed by atoms with E-state index in [1.165, 1.54) is 5.56 Å². The summed E-state index contributed by atoms with van der Waals surface area (Å²) in [5.74, 6) is 0.455. The van der Waals surface area contributed by atoms with E-state index < -0.39 is 6.09 Å². The number of ether oxygens (including phenoxy) is 1. The van der Waals surface area contributed by atoms with Crippen molar-refractivity contribution in [1.82, 2.24) is 15.1 Å². The van der Waals surface area contributed by atoms with Crippen molar-refractivity contribution in [1.29, 1.82) is 0 Å². The van der Waals surface area contributed by atoms with Crippen LogP contribution in [0.3, 0.4) is 0 Å². The molecule has 1 aromatic heterocycles. The molecule has 3 aromatic rings. The quantitative estimate of drug-likeness (QED) is 0.782. The molecule has 0 atom stereocenters. The van der Waals surface area contributed by atoms with Gasteiger partial charge in [0, 0.05) is 6.54 Å². The molecule has 122 valence electrons. The molecule has 0 unspecified atom stereocenters. The van der Waals surface area contributed by atoms with Crippen LogP contribution in [0.5, 0.6) is 5.75 Å². The van der Waals surface area contributed by atoms with Gasteiger partial charge in [-0.15, -0.1) is 0 Å². The molecule has 24 heavy (non-hydrogen) atoms. The zero-order valence-corrected chi connectivity index (χ0v) is 13.5. The SMILES string of the molecule is Cc1c(OC(=O)NCCc2ccccc2)cnn1-c1ccccc1. The number of para-hydroxylation sites is 1. The Morgan fingerprint density at radius 3 is 2.46 bits per heavy atom. The molecule has 0 radical (unpaired) electrons. The van der Waals surface area contributed by atoms with E-state index in [1.54, 1.807) is 10.9 Å². The van der Waals surface area contributed by atoms with E-state index in [0.29, 0.717) is 12.3 Å². The Labute approximate surface area is 140 Å². The van der Waals surface area contributed by atoms with Crippen molar-refractivity contribution in [3.63, 3.8) is 0 Å². The summed E-state index contributed by atoms with van der Waals surface area (Å²) in [6, 6.07) is 19.7. The largest absolute Gasteiger partial charge is 0.412 e. The van der Waals surface area contributed by atoms with Gasteiger partial charge in [0.2, 0.25) is 0 Å². The van der Waals surface area contributed by atoms with Crippen LogP contribution in [0.2, 0.25) is 0 Å². The minimum absolute atomic E-state index is 0.455. The number of carbonyl (C=O) groups excluding carboxylic acids is 1. The van der Waals surface area contributed by atoms with Crippen LogP contribution in [-0.4, -0.2) is 22.4 Å². The smallest absolute Gasteiger partial charge is 0.407 e. The highest BCUT2D eigenvalue weighted by atomic mass is 16.6. The van der Waals surface area contributed by atoms with E-state index >= 15 is 0 Å². The average Bonchev–Trinajstić information content (AvgIpc) is 2.97. The predicted octanol–water partition coefficient (Wildman–Crippen LogP) is 3.51. The molecule has 3 rings (SSSR count). The van der Waals surface area contributed by atoms with E-state index in [0.717, 1.165) is 17.8 Å². The number of amides is 1. The van der Waals surface area contributed by atoms with Gasteiger partial charge in [0.15, 0.2) is 5.75 Å². The molecule has 0 saturated heterocycles. The first-order valence-corrected chi connectivity index (χ1v) is 7.83. The number of hydrogen-bond acceptors (Lipinski definition) is 3. The number of benzene rings is 2. The third-order valence-electron chi connectivity index (χ3n) is 3.69. The van der Waals surface area contributed by atoms with Gasteiger partial charge in [0.25, 0.3) is 0 Å². The van der Waals surface area contributed by atoms with Crippen molar-refractivity contribution in [2.45, 2.75) is 13.3 Å². The average molecular weight is 321 g/mol. The second-order valence-corrected chi connectivity index (χ2v) is 5.39. The van der Waals surface area contributed by atoms with Gasteiger partial charge in [0.1, 0.15) is 0 Å². The summed E-state index contributed by atoms with van der Waals surface area (Å²) in [5.41, 5.74) is 2.87. The Kier molecular flexibility index (Phi) is 4.91. The Bertz CT molecular complexity index is 798. The van der Waals surface area contributed by atoms with Gasteiger partial charge >= 0.3 is 6.09 Å². The van der Waals surface area contributed by atoms with Crippen molar-refractivity contribution in [2.24, 2.45) is 0 Å². The van der Waals surface area contributed by atoms with Crippen LogP contribution in [0.25, 0.3) is 5.69 Å². The first kappa shape index (κ1) is 15.8. The molecule has 5 heteroatoms. The van der Waals surface area contributed by atoms with Crippen molar-refractivity contribution in [3.05, 3.63) is 78.1 Å². The van der Waals surface area contributed by atoms with Gasteiger partial charge in [-0.3, -0.25) is 0 Å². The molecule has 0 aliphatic heterocycles. The topological polar surface area (TPSA) is 56.1 Å². The lowest BCUT2D eigenvalue weighted by atomic mass is 10.1. The summed E-state index contributed by atoms with van der Waals surface area (Å²) in [7, 11) is 0. The van der Waals surface area contributed by atoms with Crippen molar-refractivity contribution < 1.29 is 9.53 Å². The maximum atomic E-state index is 11.9. The minimum Gasteiger partial charge on any atom is -0.407 e. The molecule has 0 fully saturated rings. The first-order chi connectivity index (χ1) is 11.7. The molecule has 0 saturated carbocycles. The lowest BCUT2D eigenvalue weighted by Crippen LogP contribution is -2.28. The summed E-state index contributed by atoms with van der Waals surface area (Å²) >= 11 is 0. The van der Waals surface area contributed by atoms with Gasteiger partial charge in [-0.25, -0.2) is 9.48 Å². The van der Waals surface area contributed by atoms with Crippen LogP contribution in [0.15, 0.2) is 66.9 Å². The first-order valence-electron chi connectivity index (χ1n) is 7.83. The summed E-state index contributed by atoms with van der Waals surface area (Å²) in [5, 5.41) is 7.04. The standard InChI is InChI=1S/C19H19N3O2/c1-15-18(14-21-22(15)17-10-6-3-7-11-17)24-19(23)20-13-12-16-8-4-2-5-9-16/h2-11,14H,12-13H2,1H3,(H,20,23). The fourth-order valence-corrected chi connectivity index (χ4v) is 2.41. The Balaban J connectivity index is 1.56. The molecule has 1 N–H and O–H groups in total. The van der Waals surface area contributed by atoms with Crippen LogP contribution >= 0.6 is 0 Å². The third-order valence-corrected chi connectivity index (χ3v) is 3.69. The predicted molar refractivity (Wildman–Crippen MR) is 92.5 cm³/mol. The van der Waals surface area contributed by atoms with Crippen LogP contribution < -0.4 is 10.1 Å². The number of hydrogen-bond donors (Lipinski definition) is 1. The monoisotopic (exact) mass is 321 g/mol. The van der Waals surface area contributed by atoms with Gasteiger partial charge in [0.05, 0.1) is 17.6 Å². The normalized spacial score (nSPS) is 10.4. The number of carbonyl (C=O) groups is 1. The molecular weight excluding hydrogens is 302 g/mol. The number of aromatic nitrogens is 2. The highest BCUT2D eigenvalue weighted by Crippen LogP contribution is 2.20. The molecule has 5 nitrogen and oxygen atoms in total. The molecule has 0 spiro atoms. The molecule has 1 heterocycles. The Hall–Kier alpha value is -3.08. The summed E-state index contributed by atoms with van der Waals surface area (Å²) < 4.78 is 7.09. The van der Waals surface area contributed by atoms with Gasteiger partial charge < -0.3 is 10.1 Å². The highest BCUT2D eigenvalue weighted by Gasteiger charge is 2.12. The van der Waals surface area contributed by atoms with E-state index in [4.69, 9.17) is 4.74 Å². The van der Waals surface area contributed by atoms with E-state index in [-0.39, 0.29) is 0 Å². The molecule has 1 amide bonds. The van der Waals surface area contributed by atoms with Crippen LogP contribution in [-0.2, 0) is 6.42 Å². The van der Waals surface area contributed by atoms with Crippen LogP contribution in [0.4, 0.5) is 4.79 Å². The Morgan fingerprint density at radius 1 is 1.08 bits per heavy atom. The van der Waals surface area contributed by atoms with Crippen molar-refractivity contribution in [3.8, 4) is 11.4 Å². The molecular formula is C19H19N3O2. The summed E-state index contributed by atoms with van der Waals surface area (Å²) in [6.07, 6.45) is 1.85. The van der Waals surface area contributed by atoms with Gasteiger partial charge in [-0.1, -0.05) is 48.5 Å². The van der Waals surface area contributed by atoms with Crippen LogP contribution in [0.1, 0.15) is 11.3 Å².